The van der Waals surface area contributed by atoms with Crippen LogP contribution in [0, 0.1) is 0 Å². The topological polar surface area (TPSA) is 75.3 Å². The molecule has 0 bridgehead atoms. The van der Waals surface area contributed by atoms with Gasteiger partial charge in [0.05, 0.1) is 11.8 Å². The van der Waals surface area contributed by atoms with Crippen LogP contribution in [0.15, 0.2) is 0 Å². The Balaban J connectivity index is 3.84. The first-order valence-electron chi connectivity index (χ1n) is 4.94. The second-order valence-corrected chi connectivity index (χ2v) is 6.23. The lowest BCUT2D eigenvalue weighted by atomic mass is 10.3. The number of nitrogens with one attached hydrogen (secondary N) is 2. The number of carbonyl (C=O) groups excluding carboxylic acids is 1. The molecule has 0 aliphatic heterocycles. The maximum absolute atomic E-state index is 11.4. The van der Waals surface area contributed by atoms with E-state index in [0.29, 0.717) is 6.54 Å². The predicted molar refractivity (Wildman–Crippen MR) is 60.5 cm³/mol. The molecule has 0 radical (unpaired) electrons. The zero-order chi connectivity index (χ0) is 12.1. The third kappa shape index (κ3) is 8.38. The van der Waals surface area contributed by atoms with Crippen molar-refractivity contribution in [2.24, 2.45) is 0 Å². The average molecular weight is 236 g/mol. The maximum atomic E-state index is 11.4. The Morgan fingerprint density at radius 2 is 1.80 bits per heavy atom. The molecule has 5 nitrogen and oxygen atoms in total. The Morgan fingerprint density at radius 3 is 2.20 bits per heavy atom. The zero-order valence-corrected chi connectivity index (χ0v) is 10.5. The maximum Gasteiger partial charge on any atom is 0.237 e. The fourth-order valence-corrected chi connectivity index (χ4v) is 1.45. The van der Waals surface area contributed by atoms with Crippen LogP contribution >= 0.6 is 0 Å². The number of amides is 1. The second-order valence-electron chi connectivity index (χ2n) is 3.97. The highest BCUT2D eigenvalue weighted by atomic mass is 32.2. The van der Waals surface area contributed by atoms with E-state index in [1.165, 1.54) is 6.26 Å². The van der Waals surface area contributed by atoms with Crippen LogP contribution in [0.5, 0.6) is 0 Å². The molecule has 90 valence electrons. The molecule has 1 amide bonds. The van der Waals surface area contributed by atoms with Crippen molar-refractivity contribution in [3.63, 3.8) is 0 Å². The van der Waals surface area contributed by atoms with Crippen LogP contribution in [0.25, 0.3) is 0 Å². The van der Waals surface area contributed by atoms with Crippen LogP contribution in [0.3, 0.4) is 0 Å². The Labute approximate surface area is 91.5 Å². The summed E-state index contributed by atoms with van der Waals surface area (Å²) in [5.41, 5.74) is 0. The van der Waals surface area contributed by atoms with Crippen molar-refractivity contribution in [3.8, 4) is 0 Å². The van der Waals surface area contributed by atoms with Gasteiger partial charge in [0, 0.05) is 18.8 Å². The van der Waals surface area contributed by atoms with Gasteiger partial charge in [-0.1, -0.05) is 0 Å². The highest BCUT2D eigenvalue weighted by Crippen LogP contribution is 1.86. The molecule has 0 spiro atoms. The molecular formula is C9H20N2O3S. The molecular weight excluding hydrogens is 216 g/mol. The van der Waals surface area contributed by atoms with Crippen LogP contribution < -0.4 is 10.6 Å². The van der Waals surface area contributed by atoms with Gasteiger partial charge in [0.2, 0.25) is 5.91 Å². The molecule has 0 aliphatic rings. The van der Waals surface area contributed by atoms with E-state index in [2.05, 4.69) is 10.6 Å². The van der Waals surface area contributed by atoms with Crippen molar-refractivity contribution >= 4 is 15.7 Å². The van der Waals surface area contributed by atoms with Gasteiger partial charge < -0.3 is 10.6 Å². The lowest BCUT2D eigenvalue weighted by Gasteiger charge is -2.15. The molecule has 1 atom stereocenters. The predicted octanol–water partition coefficient (Wildman–Crippen LogP) is -0.466. The van der Waals surface area contributed by atoms with Gasteiger partial charge in [0.15, 0.2) is 0 Å². The summed E-state index contributed by atoms with van der Waals surface area (Å²) in [6.45, 7) is 5.76. The van der Waals surface area contributed by atoms with Crippen molar-refractivity contribution in [1.82, 2.24) is 10.6 Å². The molecule has 0 rings (SSSR count). The van der Waals surface area contributed by atoms with Crippen molar-refractivity contribution in [1.29, 1.82) is 0 Å². The normalized spacial score (nSPS) is 13.9. The molecule has 0 aromatic carbocycles. The SMILES string of the molecule is CC(C)NC(=O)C(C)NCCS(C)(=O)=O. The van der Waals surface area contributed by atoms with Gasteiger partial charge in [-0.3, -0.25) is 4.79 Å². The molecule has 0 fully saturated rings. The van der Waals surface area contributed by atoms with Gasteiger partial charge in [0.1, 0.15) is 9.84 Å². The summed E-state index contributed by atoms with van der Waals surface area (Å²) in [6, 6.07) is -0.272. The van der Waals surface area contributed by atoms with Gasteiger partial charge in [-0.25, -0.2) is 8.42 Å². The van der Waals surface area contributed by atoms with Crippen LogP contribution in [-0.2, 0) is 14.6 Å². The standard InChI is InChI=1S/C9H20N2O3S/c1-7(2)11-9(12)8(3)10-5-6-15(4,13)14/h7-8,10H,5-6H2,1-4H3,(H,11,12). The third-order valence-corrected chi connectivity index (χ3v) is 2.69. The lowest BCUT2D eigenvalue weighted by molar-refractivity contribution is -0.123. The third-order valence-electron chi connectivity index (χ3n) is 1.75. The molecule has 6 heteroatoms. The summed E-state index contributed by atoms with van der Waals surface area (Å²) in [6.07, 6.45) is 1.17. The van der Waals surface area contributed by atoms with E-state index in [9.17, 15) is 13.2 Å². The molecule has 1 unspecified atom stereocenters. The summed E-state index contributed by atoms with van der Waals surface area (Å²) in [4.78, 5) is 11.4. The smallest absolute Gasteiger partial charge is 0.237 e. The fraction of sp³-hybridized carbons (Fsp3) is 0.889. The number of hydrogen-bond donors (Lipinski definition) is 2. The molecule has 15 heavy (non-hydrogen) atoms. The van der Waals surface area contributed by atoms with Gasteiger partial charge in [-0.15, -0.1) is 0 Å². The summed E-state index contributed by atoms with van der Waals surface area (Å²) < 4.78 is 21.6. The zero-order valence-electron chi connectivity index (χ0n) is 9.70. The minimum absolute atomic E-state index is 0.0479. The van der Waals surface area contributed by atoms with Crippen molar-refractivity contribution in [2.75, 3.05) is 18.6 Å². The number of hydrogen-bond acceptors (Lipinski definition) is 4. The molecule has 0 heterocycles. The largest absolute Gasteiger partial charge is 0.353 e. The van der Waals surface area contributed by atoms with Crippen molar-refractivity contribution < 1.29 is 13.2 Å². The van der Waals surface area contributed by atoms with E-state index in [1.807, 2.05) is 13.8 Å². The van der Waals surface area contributed by atoms with Crippen LogP contribution in [-0.4, -0.2) is 45.0 Å². The average Bonchev–Trinajstić information content (AvgIpc) is 2.00. The lowest BCUT2D eigenvalue weighted by Crippen LogP contribution is -2.45. The summed E-state index contributed by atoms with van der Waals surface area (Å²) in [5, 5.41) is 5.59. The van der Waals surface area contributed by atoms with Gasteiger partial charge in [0.25, 0.3) is 0 Å². The van der Waals surface area contributed by atoms with E-state index < -0.39 is 9.84 Å². The monoisotopic (exact) mass is 236 g/mol. The van der Waals surface area contributed by atoms with E-state index in [4.69, 9.17) is 0 Å². The number of carbonyl (C=O) groups is 1. The van der Waals surface area contributed by atoms with Gasteiger partial charge in [-0.05, 0) is 20.8 Å². The van der Waals surface area contributed by atoms with Gasteiger partial charge >= 0.3 is 0 Å². The molecule has 0 aliphatic carbocycles. The van der Waals surface area contributed by atoms with E-state index in [0.717, 1.165) is 0 Å². The second kappa shape index (κ2) is 6.07. The molecule has 0 aromatic heterocycles. The van der Waals surface area contributed by atoms with Gasteiger partial charge in [-0.2, -0.15) is 0 Å². The molecule has 0 saturated heterocycles. The Kier molecular flexibility index (Phi) is 5.82. The van der Waals surface area contributed by atoms with Crippen LogP contribution in [0.4, 0.5) is 0 Å². The minimum atomic E-state index is -2.96. The van der Waals surface area contributed by atoms with E-state index in [-0.39, 0.29) is 23.7 Å². The van der Waals surface area contributed by atoms with Crippen LogP contribution in [0.2, 0.25) is 0 Å². The first-order chi connectivity index (χ1) is 6.72. The molecule has 0 saturated carbocycles. The Morgan fingerprint density at radius 1 is 1.27 bits per heavy atom. The van der Waals surface area contributed by atoms with Crippen molar-refractivity contribution in [2.45, 2.75) is 32.9 Å². The quantitative estimate of drug-likeness (QED) is 0.654. The minimum Gasteiger partial charge on any atom is -0.353 e. The van der Waals surface area contributed by atoms with E-state index in [1.54, 1.807) is 6.92 Å². The molecule has 2 N–H and O–H groups in total. The Bertz CT molecular complexity index is 298. The summed E-state index contributed by atoms with van der Waals surface area (Å²) in [5.74, 6) is -0.0646. The number of sulfone groups is 1. The Hall–Kier alpha value is -0.620. The molecule has 0 aromatic rings. The highest BCUT2D eigenvalue weighted by Gasteiger charge is 2.13. The summed E-state index contributed by atoms with van der Waals surface area (Å²) >= 11 is 0. The fourth-order valence-electron chi connectivity index (χ4n) is 0.963. The first kappa shape index (κ1) is 14.4. The highest BCUT2D eigenvalue weighted by molar-refractivity contribution is 7.90. The van der Waals surface area contributed by atoms with Crippen LogP contribution in [0.1, 0.15) is 20.8 Å². The first-order valence-corrected chi connectivity index (χ1v) is 7.00. The van der Waals surface area contributed by atoms with Crippen molar-refractivity contribution in [3.05, 3.63) is 0 Å². The number of rotatable bonds is 6. The van der Waals surface area contributed by atoms with E-state index >= 15 is 0 Å². The summed E-state index contributed by atoms with van der Waals surface area (Å²) in [7, 11) is -2.96.